The molecule has 1 atom stereocenters. The molecule has 1 saturated heterocycles. The van der Waals surface area contributed by atoms with Gasteiger partial charge in [0.2, 0.25) is 5.91 Å². The van der Waals surface area contributed by atoms with Crippen molar-refractivity contribution in [1.29, 1.82) is 0 Å². The van der Waals surface area contributed by atoms with E-state index in [2.05, 4.69) is 20.3 Å². The first-order valence-corrected chi connectivity index (χ1v) is 9.43. The number of hydrogen-bond donors (Lipinski definition) is 2. The van der Waals surface area contributed by atoms with Crippen LogP contribution in [0.1, 0.15) is 23.2 Å². The van der Waals surface area contributed by atoms with Crippen LogP contribution in [0.15, 0.2) is 34.2 Å². The summed E-state index contributed by atoms with van der Waals surface area (Å²) in [6, 6.07) is 6.39. The number of nitrogens with zero attached hydrogens (tertiary/aromatic N) is 2. The van der Waals surface area contributed by atoms with E-state index < -0.39 is 5.97 Å². The number of methoxy groups -OCH3 is 1. The van der Waals surface area contributed by atoms with Crippen LogP contribution in [0.4, 0.5) is 5.69 Å². The molecular weight excluding hydrogens is 372 g/mol. The fraction of sp³-hybridized carbons (Fsp3) is 0.412. The SMILES string of the molecule is COC(=O)c1ccc(NC(=O)CSc2n[nH]c(=O)n2C[C@@H]2CCCO2)cc1. The molecule has 0 aliphatic carbocycles. The van der Waals surface area contributed by atoms with Gasteiger partial charge in [0.15, 0.2) is 5.16 Å². The molecule has 144 valence electrons. The highest BCUT2D eigenvalue weighted by atomic mass is 32.2. The minimum Gasteiger partial charge on any atom is -0.465 e. The van der Waals surface area contributed by atoms with Crippen LogP contribution in [0.5, 0.6) is 0 Å². The first-order valence-electron chi connectivity index (χ1n) is 8.44. The largest absolute Gasteiger partial charge is 0.465 e. The molecule has 0 radical (unpaired) electrons. The maximum absolute atomic E-state index is 12.1. The molecule has 1 aromatic heterocycles. The first-order chi connectivity index (χ1) is 13.1. The summed E-state index contributed by atoms with van der Waals surface area (Å²) in [5, 5.41) is 9.58. The van der Waals surface area contributed by atoms with Crippen LogP contribution in [0.25, 0.3) is 0 Å². The number of carbonyl (C=O) groups excluding carboxylic acids is 2. The van der Waals surface area contributed by atoms with Crippen molar-refractivity contribution in [3.05, 3.63) is 40.3 Å². The molecule has 2 N–H and O–H groups in total. The number of amides is 1. The number of anilines is 1. The van der Waals surface area contributed by atoms with Gasteiger partial charge in [-0.3, -0.25) is 9.36 Å². The number of aromatic amines is 1. The number of aromatic nitrogens is 3. The fourth-order valence-corrected chi connectivity index (χ4v) is 3.46. The third-order valence-electron chi connectivity index (χ3n) is 4.06. The van der Waals surface area contributed by atoms with Gasteiger partial charge < -0.3 is 14.8 Å². The topological polar surface area (TPSA) is 115 Å². The average molecular weight is 392 g/mol. The second kappa shape index (κ2) is 8.87. The van der Waals surface area contributed by atoms with Gasteiger partial charge >= 0.3 is 11.7 Å². The summed E-state index contributed by atoms with van der Waals surface area (Å²) in [6.07, 6.45) is 1.89. The van der Waals surface area contributed by atoms with Crippen molar-refractivity contribution in [2.24, 2.45) is 0 Å². The van der Waals surface area contributed by atoms with Gasteiger partial charge in [-0.15, -0.1) is 5.10 Å². The minimum atomic E-state index is -0.439. The Kier molecular flexibility index (Phi) is 6.30. The van der Waals surface area contributed by atoms with Crippen LogP contribution in [0.3, 0.4) is 0 Å². The third-order valence-corrected chi connectivity index (χ3v) is 5.03. The van der Waals surface area contributed by atoms with Crippen LogP contribution in [0, 0.1) is 0 Å². The van der Waals surface area contributed by atoms with Crippen LogP contribution < -0.4 is 11.0 Å². The molecule has 0 unspecified atom stereocenters. The number of benzene rings is 1. The summed E-state index contributed by atoms with van der Waals surface area (Å²) in [6.45, 7) is 1.13. The molecule has 1 fully saturated rings. The highest BCUT2D eigenvalue weighted by Crippen LogP contribution is 2.18. The molecule has 0 saturated carbocycles. The van der Waals surface area contributed by atoms with Crippen LogP contribution in [-0.4, -0.2) is 52.2 Å². The Morgan fingerprint density at radius 3 is 2.85 bits per heavy atom. The predicted molar refractivity (Wildman–Crippen MR) is 99.0 cm³/mol. The van der Waals surface area contributed by atoms with Crippen LogP contribution in [0.2, 0.25) is 0 Å². The van der Waals surface area contributed by atoms with Gasteiger partial charge in [0.25, 0.3) is 0 Å². The second-order valence-electron chi connectivity index (χ2n) is 5.96. The van der Waals surface area contributed by atoms with Crippen LogP contribution >= 0.6 is 11.8 Å². The Hall–Kier alpha value is -2.59. The van der Waals surface area contributed by atoms with Gasteiger partial charge in [0.1, 0.15) is 0 Å². The molecule has 2 heterocycles. The van der Waals surface area contributed by atoms with Gasteiger partial charge in [-0.05, 0) is 37.1 Å². The molecule has 1 aromatic carbocycles. The Labute approximate surface area is 159 Å². The van der Waals surface area contributed by atoms with E-state index in [4.69, 9.17) is 4.74 Å². The van der Waals surface area contributed by atoms with Gasteiger partial charge in [-0.2, -0.15) is 0 Å². The molecule has 0 spiro atoms. The smallest absolute Gasteiger partial charge is 0.344 e. The quantitative estimate of drug-likeness (QED) is 0.538. The van der Waals surface area contributed by atoms with E-state index in [1.807, 2.05) is 0 Å². The Bertz CT molecular complexity index is 855. The first kappa shape index (κ1) is 19.2. The van der Waals surface area contributed by atoms with Gasteiger partial charge in [0, 0.05) is 12.3 Å². The predicted octanol–water partition coefficient (Wildman–Crippen LogP) is 1.27. The van der Waals surface area contributed by atoms with E-state index in [9.17, 15) is 14.4 Å². The molecule has 27 heavy (non-hydrogen) atoms. The van der Waals surface area contributed by atoms with E-state index in [0.717, 1.165) is 12.8 Å². The summed E-state index contributed by atoms with van der Waals surface area (Å²) in [5.41, 5.74) is 0.651. The highest BCUT2D eigenvalue weighted by molar-refractivity contribution is 7.99. The molecule has 10 heteroatoms. The Morgan fingerprint density at radius 2 is 2.19 bits per heavy atom. The molecule has 9 nitrogen and oxygen atoms in total. The van der Waals surface area contributed by atoms with Gasteiger partial charge in [-0.25, -0.2) is 14.7 Å². The van der Waals surface area contributed by atoms with Gasteiger partial charge in [0.05, 0.1) is 31.1 Å². The minimum absolute atomic E-state index is 0.00167. The van der Waals surface area contributed by atoms with Crippen molar-refractivity contribution in [2.75, 3.05) is 24.8 Å². The van der Waals surface area contributed by atoms with Crippen molar-refractivity contribution in [2.45, 2.75) is 30.6 Å². The number of nitrogens with one attached hydrogen (secondary N) is 2. The number of ether oxygens (including phenoxy) is 2. The lowest BCUT2D eigenvalue weighted by molar-refractivity contribution is -0.113. The summed E-state index contributed by atoms with van der Waals surface area (Å²) in [7, 11) is 1.31. The van der Waals surface area contributed by atoms with Crippen molar-refractivity contribution in [3.8, 4) is 0 Å². The fourth-order valence-electron chi connectivity index (χ4n) is 2.70. The number of esters is 1. The molecule has 0 bridgehead atoms. The normalized spacial score (nSPS) is 16.3. The van der Waals surface area contributed by atoms with Crippen molar-refractivity contribution >= 4 is 29.3 Å². The number of thioether (sulfide) groups is 1. The zero-order valence-electron chi connectivity index (χ0n) is 14.8. The number of hydrogen-bond acceptors (Lipinski definition) is 7. The lowest BCUT2D eigenvalue weighted by Gasteiger charge is -2.11. The van der Waals surface area contributed by atoms with Crippen molar-refractivity contribution < 1.29 is 19.1 Å². The Balaban J connectivity index is 1.55. The summed E-state index contributed by atoms with van der Waals surface area (Å²) >= 11 is 1.17. The molecule has 1 aliphatic heterocycles. The maximum atomic E-state index is 12.1. The molecular formula is C17H20N4O5S. The molecule has 3 rings (SSSR count). The lowest BCUT2D eigenvalue weighted by Crippen LogP contribution is -2.25. The van der Waals surface area contributed by atoms with Crippen LogP contribution in [-0.2, 0) is 20.8 Å². The van der Waals surface area contributed by atoms with Crippen molar-refractivity contribution in [3.63, 3.8) is 0 Å². The van der Waals surface area contributed by atoms with E-state index in [-0.39, 0.29) is 23.5 Å². The zero-order valence-corrected chi connectivity index (χ0v) is 15.6. The monoisotopic (exact) mass is 392 g/mol. The van der Waals surface area contributed by atoms with E-state index in [1.165, 1.54) is 23.4 Å². The summed E-state index contributed by atoms with van der Waals surface area (Å²) in [5.74, 6) is -0.592. The average Bonchev–Trinajstić information content (AvgIpc) is 3.31. The third kappa shape index (κ3) is 4.98. The van der Waals surface area contributed by atoms with E-state index >= 15 is 0 Å². The van der Waals surface area contributed by atoms with E-state index in [1.54, 1.807) is 24.3 Å². The molecule has 2 aromatic rings. The zero-order chi connectivity index (χ0) is 19.2. The second-order valence-corrected chi connectivity index (χ2v) is 6.91. The summed E-state index contributed by atoms with van der Waals surface area (Å²) in [4.78, 5) is 35.5. The standard InChI is InChI=1S/C17H20N4O5S/c1-25-15(23)11-4-6-12(7-5-11)18-14(22)10-27-17-20-19-16(24)21(17)9-13-3-2-8-26-13/h4-7,13H,2-3,8-10H2,1H3,(H,18,22)(H,19,24)/t13-/m0/s1. The lowest BCUT2D eigenvalue weighted by atomic mass is 10.2. The summed E-state index contributed by atoms with van der Waals surface area (Å²) < 4.78 is 11.7. The number of H-pyrrole nitrogens is 1. The maximum Gasteiger partial charge on any atom is 0.344 e. The van der Waals surface area contributed by atoms with Crippen molar-refractivity contribution in [1.82, 2.24) is 14.8 Å². The van der Waals surface area contributed by atoms with E-state index in [0.29, 0.717) is 29.6 Å². The molecule has 1 aliphatic rings. The Morgan fingerprint density at radius 1 is 1.41 bits per heavy atom. The molecule has 1 amide bonds. The number of carbonyl (C=O) groups is 2. The number of rotatable bonds is 7. The highest BCUT2D eigenvalue weighted by Gasteiger charge is 2.20. The van der Waals surface area contributed by atoms with Gasteiger partial charge in [-0.1, -0.05) is 11.8 Å².